The van der Waals surface area contributed by atoms with E-state index >= 15 is 0 Å². The molecule has 7 heteroatoms. The Morgan fingerprint density at radius 2 is 2.04 bits per heavy atom. The number of hydrogen-bond donors (Lipinski definition) is 1. The van der Waals surface area contributed by atoms with Gasteiger partial charge >= 0.3 is 0 Å². The van der Waals surface area contributed by atoms with Crippen LogP contribution in [-0.2, 0) is 0 Å². The van der Waals surface area contributed by atoms with Crippen LogP contribution in [0.1, 0.15) is 24.6 Å². The molecule has 1 aliphatic heterocycles. The SMILES string of the molecule is CC(C)N1CC=C2C(C#N)=C(N)C(C#N)(C#N)[C@H](c3cc(Br)cs3)[C@H]2C1. The zero-order valence-electron chi connectivity index (χ0n) is 14.5. The first kappa shape index (κ1) is 18.7. The molecular formula is C19H18BrN5S. The first-order valence-electron chi connectivity index (χ1n) is 8.30. The molecule has 0 aromatic carbocycles. The van der Waals surface area contributed by atoms with Crippen LogP contribution in [0.25, 0.3) is 0 Å². The summed E-state index contributed by atoms with van der Waals surface area (Å²) in [6, 6.07) is 8.77. The van der Waals surface area contributed by atoms with Crippen molar-refractivity contribution in [3.05, 3.63) is 43.7 Å². The van der Waals surface area contributed by atoms with Gasteiger partial charge in [0.05, 0.1) is 23.4 Å². The summed E-state index contributed by atoms with van der Waals surface area (Å²) in [6.45, 7) is 5.66. The molecule has 26 heavy (non-hydrogen) atoms. The van der Waals surface area contributed by atoms with Gasteiger partial charge in [0.1, 0.15) is 6.07 Å². The molecule has 0 fully saturated rings. The van der Waals surface area contributed by atoms with Gasteiger partial charge in [-0.15, -0.1) is 11.3 Å². The second kappa shape index (κ2) is 6.89. The molecule has 0 amide bonds. The second-order valence-electron chi connectivity index (χ2n) is 6.89. The van der Waals surface area contributed by atoms with Crippen molar-refractivity contribution >= 4 is 27.3 Å². The van der Waals surface area contributed by atoms with Gasteiger partial charge in [0.15, 0.2) is 5.41 Å². The Balaban J connectivity index is 2.29. The summed E-state index contributed by atoms with van der Waals surface area (Å²) < 4.78 is 0.915. The van der Waals surface area contributed by atoms with E-state index in [-0.39, 0.29) is 11.6 Å². The minimum absolute atomic E-state index is 0.0834. The monoisotopic (exact) mass is 427 g/mol. The quantitative estimate of drug-likeness (QED) is 0.775. The number of rotatable bonds is 2. The molecule has 0 spiro atoms. The summed E-state index contributed by atoms with van der Waals surface area (Å²) in [5, 5.41) is 31.6. The Labute approximate surface area is 165 Å². The number of fused-ring (bicyclic) bond motifs is 1. The molecule has 0 saturated heterocycles. The van der Waals surface area contributed by atoms with Crippen molar-refractivity contribution in [3.8, 4) is 18.2 Å². The number of hydrogen-bond acceptors (Lipinski definition) is 6. The lowest BCUT2D eigenvalue weighted by molar-refractivity contribution is 0.175. The third-order valence-electron chi connectivity index (χ3n) is 5.32. The van der Waals surface area contributed by atoms with Crippen LogP contribution in [0, 0.1) is 45.3 Å². The molecule has 0 unspecified atom stereocenters. The van der Waals surface area contributed by atoms with E-state index in [4.69, 9.17) is 5.73 Å². The first-order chi connectivity index (χ1) is 12.4. The predicted molar refractivity (Wildman–Crippen MR) is 104 cm³/mol. The fourth-order valence-electron chi connectivity index (χ4n) is 3.92. The Hall–Kier alpha value is -2.11. The van der Waals surface area contributed by atoms with Crippen LogP contribution in [0.5, 0.6) is 0 Å². The molecule has 1 aromatic rings. The zero-order chi connectivity index (χ0) is 19.1. The molecule has 3 rings (SSSR count). The van der Waals surface area contributed by atoms with Crippen LogP contribution in [0.3, 0.4) is 0 Å². The zero-order valence-corrected chi connectivity index (χ0v) is 16.9. The summed E-state index contributed by atoms with van der Waals surface area (Å²) in [4.78, 5) is 3.22. The number of nitrogens with two attached hydrogens (primary N) is 1. The maximum Gasteiger partial charge on any atom is 0.192 e. The first-order valence-corrected chi connectivity index (χ1v) is 9.98. The molecule has 132 valence electrons. The predicted octanol–water partition coefficient (Wildman–Crippen LogP) is 3.64. The molecule has 2 N–H and O–H groups in total. The van der Waals surface area contributed by atoms with Gasteiger partial charge in [-0.3, -0.25) is 4.90 Å². The highest BCUT2D eigenvalue weighted by Crippen LogP contribution is 2.55. The smallest absolute Gasteiger partial charge is 0.192 e. The lowest BCUT2D eigenvalue weighted by Crippen LogP contribution is -2.49. The van der Waals surface area contributed by atoms with Crippen molar-refractivity contribution in [2.24, 2.45) is 17.1 Å². The average Bonchev–Trinajstić information content (AvgIpc) is 3.06. The van der Waals surface area contributed by atoms with E-state index < -0.39 is 11.3 Å². The third kappa shape index (κ3) is 2.66. The van der Waals surface area contributed by atoms with E-state index in [1.54, 1.807) is 0 Å². The van der Waals surface area contributed by atoms with Gasteiger partial charge in [0, 0.05) is 45.7 Å². The number of halogens is 1. The van der Waals surface area contributed by atoms with Crippen LogP contribution in [0.15, 0.2) is 38.8 Å². The van der Waals surface area contributed by atoms with Gasteiger partial charge in [-0.2, -0.15) is 15.8 Å². The van der Waals surface area contributed by atoms with Crippen LogP contribution < -0.4 is 5.73 Å². The molecule has 1 aliphatic carbocycles. The Morgan fingerprint density at radius 3 is 2.54 bits per heavy atom. The molecule has 0 saturated carbocycles. The van der Waals surface area contributed by atoms with Crippen molar-refractivity contribution in [1.29, 1.82) is 15.8 Å². The van der Waals surface area contributed by atoms with Crippen molar-refractivity contribution in [3.63, 3.8) is 0 Å². The highest BCUT2D eigenvalue weighted by Gasteiger charge is 2.55. The van der Waals surface area contributed by atoms with Crippen LogP contribution >= 0.6 is 27.3 Å². The number of nitrogens with zero attached hydrogens (tertiary/aromatic N) is 4. The van der Waals surface area contributed by atoms with Crippen LogP contribution in [0.4, 0.5) is 0 Å². The van der Waals surface area contributed by atoms with Crippen molar-refractivity contribution in [1.82, 2.24) is 4.90 Å². The Bertz CT molecular complexity index is 907. The summed E-state index contributed by atoms with van der Waals surface area (Å²) >= 11 is 4.98. The second-order valence-corrected chi connectivity index (χ2v) is 8.75. The topological polar surface area (TPSA) is 101 Å². The molecule has 2 atom stereocenters. The minimum Gasteiger partial charge on any atom is -0.399 e. The van der Waals surface area contributed by atoms with Gasteiger partial charge in [-0.1, -0.05) is 6.08 Å². The molecule has 2 heterocycles. The van der Waals surface area contributed by atoms with E-state index in [2.05, 4.69) is 52.9 Å². The molecule has 1 aromatic heterocycles. The maximum absolute atomic E-state index is 9.99. The Kier molecular flexibility index (Phi) is 4.95. The van der Waals surface area contributed by atoms with Crippen molar-refractivity contribution < 1.29 is 0 Å². The van der Waals surface area contributed by atoms with Gasteiger partial charge in [-0.05, 0) is 41.4 Å². The highest BCUT2D eigenvalue weighted by molar-refractivity contribution is 9.10. The van der Waals surface area contributed by atoms with Crippen molar-refractivity contribution in [2.45, 2.75) is 25.8 Å². The minimum atomic E-state index is -1.54. The maximum atomic E-state index is 9.99. The van der Waals surface area contributed by atoms with E-state index in [1.165, 1.54) is 11.3 Å². The van der Waals surface area contributed by atoms with Crippen molar-refractivity contribution in [2.75, 3.05) is 13.1 Å². The standard InChI is InChI=1S/C19H18BrN5S/c1-11(2)25-4-3-13-14(6-21)18(24)19(9-22,10-23)17(15(13)7-25)16-5-12(20)8-26-16/h3,5,8,11,15,17H,4,7,24H2,1-2H3/t15-,17-/m0/s1. The fourth-order valence-corrected chi connectivity index (χ4v) is 5.60. The van der Waals surface area contributed by atoms with Crippen LogP contribution in [0.2, 0.25) is 0 Å². The molecule has 0 radical (unpaired) electrons. The largest absolute Gasteiger partial charge is 0.399 e. The number of allylic oxidation sites excluding steroid dienone is 2. The Morgan fingerprint density at radius 1 is 1.35 bits per heavy atom. The van der Waals surface area contributed by atoms with Crippen LogP contribution in [-0.4, -0.2) is 24.0 Å². The lowest BCUT2D eigenvalue weighted by Gasteiger charge is -2.45. The van der Waals surface area contributed by atoms with Gasteiger partial charge in [0.25, 0.3) is 0 Å². The number of nitriles is 3. The third-order valence-corrected chi connectivity index (χ3v) is 7.09. The average molecular weight is 428 g/mol. The summed E-state index contributed by atoms with van der Waals surface area (Å²) in [6.07, 6.45) is 2.04. The molecule has 0 bridgehead atoms. The van der Waals surface area contributed by atoms with Gasteiger partial charge in [0.2, 0.25) is 0 Å². The molecular weight excluding hydrogens is 410 g/mol. The lowest BCUT2D eigenvalue weighted by atomic mass is 9.59. The van der Waals surface area contributed by atoms with Gasteiger partial charge < -0.3 is 5.73 Å². The number of thiophene rings is 1. The summed E-state index contributed by atoms with van der Waals surface area (Å²) in [7, 11) is 0. The molecule has 2 aliphatic rings. The van der Waals surface area contributed by atoms with Gasteiger partial charge in [-0.25, -0.2) is 0 Å². The summed E-state index contributed by atoms with van der Waals surface area (Å²) in [5.74, 6) is -0.531. The summed E-state index contributed by atoms with van der Waals surface area (Å²) in [5.41, 5.74) is 5.99. The van der Waals surface area contributed by atoms with E-state index in [9.17, 15) is 15.8 Å². The van der Waals surface area contributed by atoms with E-state index in [1.807, 2.05) is 17.5 Å². The normalized spacial score (nSPS) is 25.0. The molecule has 5 nitrogen and oxygen atoms in total. The van der Waals surface area contributed by atoms with E-state index in [0.29, 0.717) is 18.2 Å². The fraction of sp³-hybridized carbons (Fsp3) is 0.421. The highest BCUT2D eigenvalue weighted by atomic mass is 79.9. The van der Waals surface area contributed by atoms with E-state index in [0.717, 1.165) is 21.5 Å².